The predicted molar refractivity (Wildman–Crippen MR) is 76.0 cm³/mol. The Kier molecular flexibility index (Phi) is 4.05. The number of carbonyl (C=O) groups excluding carboxylic acids is 1. The van der Waals surface area contributed by atoms with Crippen LogP contribution in [0.25, 0.3) is 0 Å². The van der Waals surface area contributed by atoms with Crippen LogP contribution < -0.4 is 5.32 Å². The van der Waals surface area contributed by atoms with Crippen molar-refractivity contribution in [2.24, 2.45) is 5.41 Å². The summed E-state index contributed by atoms with van der Waals surface area (Å²) < 4.78 is 5.44. The van der Waals surface area contributed by atoms with Gasteiger partial charge in [0.05, 0.1) is 17.8 Å². The molecule has 110 valence electrons. The first-order valence-corrected chi connectivity index (χ1v) is 8.02. The van der Waals surface area contributed by atoms with E-state index in [4.69, 9.17) is 4.74 Å². The molecule has 1 aliphatic carbocycles. The highest BCUT2D eigenvalue weighted by molar-refractivity contribution is 7.11. The van der Waals surface area contributed by atoms with E-state index in [1.165, 1.54) is 11.3 Å². The molecule has 1 aromatic heterocycles. The molecule has 1 amide bonds. The molecule has 2 aliphatic rings. The van der Waals surface area contributed by atoms with Gasteiger partial charge in [0.1, 0.15) is 4.88 Å². The SMILES string of the molecule is O=C(NCC1(CCO)CCOC1)c1scnc1C1CC1. The van der Waals surface area contributed by atoms with E-state index in [9.17, 15) is 9.90 Å². The summed E-state index contributed by atoms with van der Waals surface area (Å²) in [5.74, 6) is 0.460. The van der Waals surface area contributed by atoms with Crippen LogP contribution in [0.4, 0.5) is 0 Å². The van der Waals surface area contributed by atoms with Crippen LogP contribution in [-0.4, -0.2) is 42.4 Å². The van der Waals surface area contributed by atoms with E-state index in [2.05, 4.69) is 10.3 Å². The number of nitrogens with one attached hydrogen (secondary N) is 1. The summed E-state index contributed by atoms with van der Waals surface area (Å²) in [5.41, 5.74) is 2.62. The van der Waals surface area contributed by atoms with Gasteiger partial charge in [0.2, 0.25) is 0 Å². The lowest BCUT2D eigenvalue weighted by Crippen LogP contribution is -2.38. The molecule has 2 fully saturated rings. The lowest BCUT2D eigenvalue weighted by molar-refractivity contribution is 0.0892. The summed E-state index contributed by atoms with van der Waals surface area (Å²) in [7, 11) is 0. The number of hydrogen-bond donors (Lipinski definition) is 2. The minimum absolute atomic E-state index is 0.0291. The van der Waals surface area contributed by atoms with Crippen LogP contribution >= 0.6 is 11.3 Å². The Morgan fingerprint density at radius 2 is 2.45 bits per heavy atom. The Balaban J connectivity index is 1.62. The molecule has 1 saturated carbocycles. The third-order valence-electron chi connectivity index (χ3n) is 4.22. The molecular weight excluding hydrogens is 276 g/mol. The van der Waals surface area contributed by atoms with E-state index in [1.807, 2.05) is 0 Å². The number of rotatable bonds is 6. The first kappa shape index (κ1) is 14.0. The molecule has 1 saturated heterocycles. The lowest BCUT2D eigenvalue weighted by atomic mass is 9.84. The molecule has 2 heterocycles. The van der Waals surface area contributed by atoms with Crippen molar-refractivity contribution in [3.8, 4) is 0 Å². The van der Waals surface area contributed by atoms with E-state index in [0.29, 0.717) is 32.1 Å². The topological polar surface area (TPSA) is 71.5 Å². The monoisotopic (exact) mass is 296 g/mol. The van der Waals surface area contributed by atoms with Gasteiger partial charge in [-0.15, -0.1) is 11.3 Å². The number of carbonyl (C=O) groups is 1. The summed E-state index contributed by atoms with van der Waals surface area (Å²) in [4.78, 5) is 17.4. The first-order chi connectivity index (χ1) is 9.74. The summed E-state index contributed by atoms with van der Waals surface area (Å²) in [6.45, 7) is 2.03. The summed E-state index contributed by atoms with van der Waals surface area (Å²) >= 11 is 1.42. The fourth-order valence-corrected chi connectivity index (χ4v) is 3.52. The first-order valence-electron chi connectivity index (χ1n) is 7.14. The number of aliphatic hydroxyl groups excluding tert-OH is 1. The maximum Gasteiger partial charge on any atom is 0.263 e. The minimum atomic E-state index is -0.102. The number of thiazole rings is 1. The molecule has 1 atom stereocenters. The normalized spacial score (nSPS) is 25.9. The Labute approximate surface area is 122 Å². The minimum Gasteiger partial charge on any atom is -0.396 e. The highest BCUT2D eigenvalue weighted by Gasteiger charge is 2.36. The van der Waals surface area contributed by atoms with Gasteiger partial charge in [-0.3, -0.25) is 4.79 Å². The third-order valence-corrected chi connectivity index (χ3v) is 5.06. The van der Waals surface area contributed by atoms with Gasteiger partial charge in [0, 0.05) is 31.1 Å². The van der Waals surface area contributed by atoms with Crippen LogP contribution in [0.2, 0.25) is 0 Å². The van der Waals surface area contributed by atoms with E-state index < -0.39 is 0 Å². The van der Waals surface area contributed by atoms with Crippen molar-refractivity contribution in [3.63, 3.8) is 0 Å². The number of amides is 1. The zero-order valence-corrected chi connectivity index (χ0v) is 12.2. The molecule has 1 unspecified atom stereocenters. The number of nitrogens with zero attached hydrogens (tertiary/aromatic N) is 1. The Morgan fingerprint density at radius 3 is 3.10 bits per heavy atom. The number of ether oxygens (including phenoxy) is 1. The van der Waals surface area contributed by atoms with Gasteiger partial charge in [-0.05, 0) is 25.7 Å². The second kappa shape index (κ2) is 5.79. The molecular formula is C14H20N2O3S. The van der Waals surface area contributed by atoms with Crippen LogP contribution in [-0.2, 0) is 4.74 Å². The van der Waals surface area contributed by atoms with Crippen LogP contribution in [0.5, 0.6) is 0 Å². The second-order valence-electron chi connectivity index (χ2n) is 5.80. The van der Waals surface area contributed by atoms with E-state index in [-0.39, 0.29) is 17.9 Å². The maximum absolute atomic E-state index is 12.3. The fraction of sp³-hybridized carbons (Fsp3) is 0.714. The van der Waals surface area contributed by atoms with Gasteiger partial charge in [0.25, 0.3) is 5.91 Å². The summed E-state index contributed by atoms with van der Waals surface area (Å²) in [5, 5.41) is 12.2. The lowest BCUT2D eigenvalue weighted by Gasteiger charge is -2.26. The average Bonchev–Trinajstić information content (AvgIpc) is 3.00. The molecule has 3 rings (SSSR count). The predicted octanol–water partition coefficient (Wildman–Crippen LogP) is 1.54. The van der Waals surface area contributed by atoms with Gasteiger partial charge in [-0.2, -0.15) is 0 Å². The molecule has 1 aromatic rings. The number of aromatic nitrogens is 1. The molecule has 0 aromatic carbocycles. The van der Waals surface area contributed by atoms with Gasteiger partial charge in [-0.25, -0.2) is 4.98 Å². The van der Waals surface area contributed by atoms with Crippen molar-refractivity contribution in [1.82, 2.24) is 10.3 Å². The standard InChI is InChI=1S/C14H20N2O3S/c17-5-3-14(4-6-19-8-14)7-15-13(18)12-11(10-1-2-10)16-9-20-12/h9-10,17H,1-8H2,(H,15,18). The molecule has 1 aliphatic heterocycles. The Morgan fingerprint density at radius 1 is 1.60 bits per heavy atom. The van der Waals surface area contributed by atoms with Crippen molar-refractivity contribution in [2.45, 2.75) is 31.6 Å². The van der Waals surface area contributed by atoms with E-state index in [0.717, 1.165) is 29.8 Å². The molecule has 20 heavy (non-hydrogen) atoms. The third kappa shape index (κ3) is 2.87. The van der Waals surface area contributed by atoms with Gasteiger partial charge < -0.3 is 15.2 Å². The molecule has 0 radical (unpaired) electrons. The zero-order valence-electron chi connectivity index (χ0n) is 11.4. The smallest absolute Gasteiger partial charge is 0.263 e. The van der Waals surface area contributed by atoms with E-state index >= 15 is 0 Å². The molecule has 0 spiro atoms. The Bertz CT molecular complexity index is 479. The van der Waals surface area contributed by atoms with Crippen molar-refractivity contribution >= 4 is 17.2 Å². The second-order valence-corrected chi connectivity index (χ2v) is 6.65. The quantitative estimate of drug-likeness (QED) is 0.835. The molecule has 6 heteroatoms. The largest absolute Gasteiger partial charge is 0.396 e. The van der Waals surface area contributed by atoms with Gasteiger partial charge >= 0.3 is 0 Å². The maximum atomic E-state index is 12.3. The van der Waals surface area contributed by atoms with Crippen molar-refractivity contribution < 1.29 is 14.6 Å². The van der Waals surface area contributed by atoms with Crippen LogP contribution in [0.15, 0.2) is 5.51 Å². The average molecular weight is 296 g/mol. The zero-order chi connectivity index (χ0) is 14.0. The number of aliphatic hydroxyl groups is 1. The van der Waals surface area contributed by atoms with Crippen LogP contribution in [0.1, 0.15) is 47.0 Å². The number of hydrogen-bond acceptors (Lipinski definition) is 5. The molecule has 2 N–H and O–H groups in total. The Hall–Kier alpha value is -0.980. The van der Waals surface area contributed by atoms with Gasteiger partial charge in [-0.1, -0.05) is 0 Å². The highest BCUT2D eigenvalue weighted by Crippen LogP contribution is 2.41. The molecule has 0 bridgehead atoms. The highest BCUT2D eigenvalue weighted by atomic mass is 32.1. The van der Waals surface area contributed by atoms with Gasteiger partial charge in [0.15, 0.2) is 0 Å². The fourth-order valence-electron chi connectivity index (χ4n) is 2.73. The summed E-state index contributed by atoms with van der Waals surface area (Å²) in [6, 6.07) is 0. The molecule has 5 nitrogen and oxygen atoms in total. The summed E-state index contributed by atoms with van der Waals surface area (Å²) in [6.07, 6.45) is 3.86. The van der Waals surface area contributed by atoms with Crippen LogP contribution in [0, 0.1) is 5.41 Å². The van der Waals surface area contributed by atoms with Crippen molar-refractivity contribution in [3.05, 3.63) is 16.1 Å². The van der Waals surface area contributed by atoms with Crippen molar-refractivity contribution in [1.29, 1.82) is 0 Å². The van der Waals surface area contributed by atoms with Crippen LogP contribution in [0.3, 0.4) is 0 Å². The van der Waals surface area contributed by atoms with E-state index in [1.54, 1.807) is 5.51 Å². The van der Waals surface area contributed by atoms with Crippen molar-refractivity contribution in [2.75, 3.05) is 26.4 Å².